The molecule has 0 amide bonds. The molecule has 0 atom stereocenters. The SMILES string of the molecule is Cc1ccc(F)c(NS(=O)(=O)c2cccnc2C#N)c1F. The van der Waals surface area contributed by atoms with Crippen molar-refractivity contribution in [2.75, 3.05) is 4.72 Å². The van der Waals surface area contributed by atoms with E-state index in [1.807, 2.05) is 4.72 Å². The average Bonchev–Trinajstić information content (AvgIpc) is 2.47. The van der Waals surface area contributed by atoms with E-state index in [-0.39, 0.29) is 11.3 Å². The molecule has 0 spiro atoms. The Morgan fingerprint density at radius 2 is 2.00 bits per heavy atom. The number of aromatic nitrogens is 1. The van der Waals surface area contributed by atoms with Gasteiger partial charge in [0.2, 0.25) is 0 Å². The van der Waals surface area contributed by atoms with Crippen LogP contribution in [0.3, 0.4) is 0 Å². The fourth-order valence-electron chi connectivity index (χ4n) is 1.63. The highest BCUT2D eigenvalue weighted by atomic mass is 32.2. The number of benzene rings is 1. The largest absolute Gasteiger partial charge is 0.274 e. The van der Waals surface area contributed by atoms with E-state index in [2.05, 4.69) is 4.98 Å². The van der Waals surface area contributed by atoms with Crippen LogP contribution in [0.15, 0.2) is 35.4 Å². The number of aryl methyl sites for hydroxylation is 1. The summed E-state index contributed by atoms with van der Waals surface area (Å²) >= 11 is 0. The molecule has 0 aliphatic carbocycles. The van der Waals surface area contributed by atoms with Crippen molar-refractivity contribution in [2.24, 2.45) is 0 Å². The summed E-state index contributed by atoms with van der Waals surface area (Å²) < 4.78 is 53.6. The van der Waals surface area contributed by atoms with Crippen molar-refractivity contribution >= 4 is 15.7 Å². The quantitative estimate of drug-likeness (QED) is 0.943. The van der Waals surface area contributed by atoms with Gasteiger partial charge in [-0.05, 0) is 30.7 Å². The lowest BCUT2D eigenvalue weighted by molar-refractivity contribution is 0.578. The van der Waals surface area contributed by atoms with Crippen LogP contribution in [0.2, 0.25) is 0 Å². The molecule has 2 aromatic rings. The molecular weight excluding hydrogens is 300 g/mol. The van der Waals surface area contributed by atoms with Gasteiger partial charge in [0.1, 0.15) is 22.5 Å². The van der Waals surface area contributed by atoms with Gasteiger partial charge in [0, 0.05) is 6.20 Å². The molecule has 2 rings (SSSR count). The third kappa shape index (κ3) is 2.83. The van der Waals surface area contributed by atoms with Crippen molar-refractivity contribution in [1.29, 1.82) is 5.26 Å². The Kier molecular flexibility index (Phi) is 3.86. The first-order valence-electron chi connectivity index (χ1n) is 5.69. The standard InChI is InChI=1S/C13H9F2N3O2S/c1-8-4-5-9(14)13(12(8)15)18-21(19,20)11-3-2-6-17-10(11)7-16/h2-6,18H,1H3. The molecule has 0 saturated heterocycles. The van der Waals surface area contributed by atoms with Crippen LogP contribution in [-0.2, 0) is 10.0 Å². The van der Waals surface area contributed by atoms with Crippen molar-refractivity contribution in [3.63, 3.8) is 0 Å². The summed E-state index contributed by atoms with van der Waals surface area (Å²) in [6.45, 7) is 1.37. The highest BCUT2D eigenvalue weighted by Gasteiger charge is 2.23. The van der Waals surface area contributed by atoms with Gasteiger partial charge in [-0.3, -0.25) is 4.72 Å². The molecule has 1 aromatic carbocycles. The van der Waals surface area contributed by atoms with E-state index in [1.165, 1.54) is 25.3 Å². The number of nitrogens with zero attached hydrogens (tertiary/aromatic N) is 2. The van der Waals surface area contributed by atoms with Crippen molar-refractivity contribution in [2.45, 2.75) is 11.8 Å². The summed E-state index contributed by atoms with van der Waals surface area (Å²) in [5.41, 5.74) is -1.07. The van der Waals surface area contributed by atoms with Gasteiger partial charge < -0.3 is 0 Å². The molecule has 0 bridgehead atoms. The summed E-state index contributed by atoms with van der Waals surface area (Å²) in [7, 11) is -4.33. The zero-order valence-electron chi connectivity index (χ0n) is 10.8. The van der Waals surface area contributed by atoms with Crippen LogP contribution < -0.4 is 4.72 Å². The molecule has 0 aliphatic rings. The second kappa shape index (κ2) is 5.46. The van der Waals surface area contributed by atoms with E-state index >= 15 is 0 Å². The van der Waals surface area contributed by atoms with E-state index in [1.54, 1.807) is 6.07 Å². The van der Waals surface area contributed by atoms with Crippen LogP contribution in [0.4, 0.5) is 14.5 Å². The lowest BCUT2D eigenvalue weighted by atomic mass is 10.2. The number of hydrogen-bond acceptors (Lipinski definition) is 4. The number of anilines is 1. The van der Waals surface area contributed by atoms with Crippen LogP contribution in [0, 0.1) is 29.9 Å². The maximum absolute atomic E-state index is 13.8. The van der Waals surface area contributed by atoms with Gasteiger partial charge in [0.05, 0.1) is 0 Å². The normalized spacial score (nSPS) is 11.0. The highest BCUT2D eigenvalue weighted by Crippen LogP contribution is 2.25. The molecule has 108 valence electrons. The number of nitrogens with one attached hydrogen (secondary N) is 1. The van der Waals surface area contributed by atoms with Crippen LogP contribution in [0.25, 0.3) is 0 Å². The molecule has 1 aromatic heterocycles. The Labute approximate surface area is 119 Å². The molecule has 0 saturated carbocycles. The summed E-state index contributed by atoms with van der Waals surface area (Å²) in [5.74, 6) is -2.06. The summed E-state index contributed by atoms with van der Waals surface area (Å²) in [5, 5.41) is 8.85. The fourth-order valence-corrected chi connectivity index (χ4v) is 2.81. The maximum Gasteiger partial charge on any atom is 0.264 e. The summed E-state index contributed by atoms with van der Waals surface area (Å²) in [4.78, 5) is 3.15. The maximum atomic E-state index is 13.8. The lowest BCUT2D eigenvalue weighted by Gasteiger charge is -2.11. The van der Waals surface area contributed by atoms with Crippen molar-refractivity contribution < 1.29 is 17.2 Å². The van der Waals surface area contributed by atoms with Crippen molar-refractivity contribution in [1.82, 2.24) is 4.98 Å². The first-order valence-corrected chi connectivity index (χ1v) is 7.17. The van der Waals surface area contributed by atoms with Gasteiger partial charge in [0.25, 0.3) is 10.0 Å². The monoisotopic (exact) mass is 309 g/mol. The zero-order valence-corrected chi connectivity index (χ0v) is 11.6. The third-order valence-corrected chi connectivity index (χ3v) is 4.07. The predicted molar refractivity (Wildman–Crippen MR) is 70.9 cm³/mol. The Morgan fingerprint density at radius 3 is 2.67 bits per heavy atom. The molecule has 0 radical (unpaired) electrons. The van der Waals surface area contributed by atoms with E-state index in [9.17, 15) is 17.2 Å². The first kappa shape index (κ1) is 14.9. The van der Waals surface area contributed by atoms with Crippen LogP contribution >= 0.6 is 0 Å². The Hall–Kier alpha value is -2.53. The van der Waals surface area contributed by atoms with Crippen LogP contribution in [0.1, 0.15) is 11.3 Å². The van der Waals surface area contributed by atoms with Crippen LogP contribution in [0.5, 0.6) is 0 Å². The number of nitriles is 1. The molecule has 21 heavy (non-hydrogen) atoms. The Bertz CT molecular complexity index is 845. The molecule has 1 heterocycles. The highest BCUT2D eigenvalue weighted by molar-refractivity contribution is 7.92. The van der Waals surface area contributed by atoms with Gasteiger partial charge in [-0.25, -0.2) is 22.2 Å². The molecule has 0 aliphatic heterocycles. The molecule has 0 fully saturated rings. The third-order valence-electron chi connectivity index (χ3n) is 2.69. The van der Waals surface area contributed by atoms with Gasteiger partial charge in [-0.1, -0.05) is 6.07 Å². The van der Waals surface area contributed by atoms with E-state index in [4.69, 9.17) is 5.26 Å². The van der Waals surface area contributed by atoms with Gasteiger partial charge >= 0.3 is 0 Å². The van der Waals surface area contributed by atoms with Gasteiger partial charge in [0.15, 0.2) is 11.5 Å². The first-order chi connectivity index (χ1) is 9.86. The van der Waals surface area contributed by atoms with Gasteiger partial charge in [-0.15, -0.1) is 0 Å². The summed E-state index contributed by atoms with van der Waals surface area (Å²) in [6, 6.07) is 6.18. The van der Waals surface area contributed by atoms with Crippen LogP contribution in [-0.4, -0.2) is 13.4 Å². The molecule has 0 unspecified atom stereocenters. The topological polar surface area (TPSA) is 82.8 Å². The number of hydrogen-bond donors (Lipinski definition) is 1. The van der Waals surface area contributed by atoms with E-state index in [0.717, 1.165) is 12.1 Å². The second-order valence-electron chi connectivity index (χ2n) is 4.12. The Morgan fingerprint density at radius 1 is 1.29 bits per heavy atom. The number of halogens is 2. The minimum Gasteiger partial charge on any atom is -0.274 e. The van der Waals surface area contributed by atoms with Crippen molar-refractivity contribution in [3.05, 3.63) is 53.4 Å². The summed E-state index contributed by atoms with van der Waals surface area (Å²) in [6.07, 6.45) is 1.24. The molecular formula is C13H9F2N3O2S. The number of pyridine rings is 1. The van der Waals surface area contributed by atoms with Crippen molar-refractivity contribution in [3.8, 4) is 6.07 Å². The second-order valence-corrected chi connectivity index (χ2v) is 5.77. The minimum absolute atomic E-state index is 0.0841. The molecule has 8 heteroatoms. The Balaban J connectivity index is 2.54. The number of sulfonamides is 1. The molecule has 1 N–H and O–H groups in total. The zero-order chi connectivity index (χ0) is 15.6. The number of rotatable bonds is 3. The average molecular weight is 309 g/mol. The fraction of sp³-hybridized carbons (Fsp3) is 0.0769. The van der Waals surface area contributed by atoms with Gasteiger partial charge in [-0.2, -0.15) is 5.26 Å². The molecule has 5 nitrogen and oxygen atoms in total. The smallest absolute Gasteiger partial charge is 0.264 e. The lowest BCUT2D eigenvalue weighted by Crippen LogP contribution is -2.17. The predicted octanol–water partition coefficient (Wildman–Crippen LogP) is 2.34. The minimum atomic E-state index is -4.33. The van der Waals surface area contributed by atoms with E-state index < -0.39 is 32.2 Å². The van der Waals surface area contributed by atoms with E-state index in [0.29, 0.717) is 0 Å².